The average Bonchev–Trinajstić information content (AvgIpc) is 2.82. The molecule has 2 heterocycles. The first-order chi connectivity index (χ1) is 9.19. The van der Waals surface area contributed by atoms with Crippen molar-refractivity contribution in [2.75, 3.05) is 19.6 Å². The molecule has 2 aliphatic heterocycles. The fourth-order valence-corrected chi connectivity index (χ4v) is 4.45. The molecular formula is C16H29ClN2O. The second kappa shape index (κ2) is 6.65. The van der Waals surface area contributed by atoms with E-state index >= 15 is 0 Å². The standard InChI is InChI=1S/C16H28N2O.ClH/c1-13-11-14(5-9-17-13)15(19)18-10-8-16(12-18)6-3-2-4-7-16;/h13-14,17H,2-12H2,1H3;1H/t13-,14-;/m0./s1. The van der Waals surface area contributed by atoms with Crippen molar-refractivity contribution >= 4 is 18.3 Å². The molecule has 0 bridgehead atoms. The van der Waals surface area contributed by atoms with Gasteiger partial charge in [-0.3, -0.25) is 4.79 Å². The van der Waals surface area contributed by atoms with Crippen LogP contribution in [0.15, 0.2) is 0 Å². The van der Waals surface area contributed by atoms with Gasteiger partial charge in [-0.1, -0.05) is 19.3 Å². The minimum Gasteiger partial charge on any atom is -0.342 e. The zero-order valence-electron chi connectivity index (χ0n) is 12.7. The summed E-state index contributed by atoms with van der Waals surface area (Å²) in [6, 6.07) is 0.508. The van der Waals surface area contributed by atoms with E-state index in [4.69, 9.17) is 0 Å². The molecule has 0 aromatic carbocycles. The number of hydrogen-bond donors (Lipinski definition) is 1. The number of carbonyl (C=O) groups excluding carboxylic acids is 1. The second-order valence-electron chi connectivity index (χ2n) is 7.15. The molecule has 1 spiro atoms. The monoisotopic (exact) mass is 300 g/mol. The van der Waals surface area contributed by atoms with Crippen molar-refractivity contribution in [2.24, 2.45) is 11.3 Å². The van der Waals surface area contributed by atoms with Gasteiger partial charge >= 0.3 is 0 Å². The van der Waals surface area contributed by atoms with E-state index in [1.807, 2.05) is 0 Å². The summed E-state index contributed by atoms with van der Waals surface area (Å²) in [4.78, 5) is 14.9. The zero-order chi connectivity index (χ0) is 13.3. The Labute approximate surface area is 129 Å². The van der Waals surface area contributed by atoms with E-state index in [2.05, 4.69) is 17.1 Å². The van der Waals surface area contributed by atoms with Gasteiger partial charge in [-0.05, 0) is 51.0 Å². The van der Waals surface area contributed by atoms with Crippen LogP contribution in [0.5, 0.6) is 0 Å². The van der Waals surface area contributed by atoms with Gasteiger partial charge in [0.1, 0.15) is 0 Å². The molecule has 0 aromatic heterocycles. The maximum Gasteiger partial charge on any atom is 0.225 e. The summed E-state index contributed by atoms with van der Waals surface area (Å²) in [5, 5.41) is 3.44. The van der Waals surface area contributed by atoms with E-state index in [1.165, 1.54) is 38.5 Å². The van der Waals surface area contributed by atoms with Crippen LogP contribution in [-0.2, 0) is 4.79 Å². The Morgan fingerprint density at radius 1 is 1.20 bits per heavy atom. The van der Waals surface area contributed by atoms with Gasteiger partial charge in [-0.25, -0.2) is 0 Å². The molecule has 20 heavy (non-hydrogen) atoms. The second-order valence-corrected chi connectivity index (χ2v) is 7.15. The number of likely N-dealkylation sites (tertiary alicyclic amines) is 1. The highest BCUT2D eigenvalue weighted by Crippen LogP contribution is 2.44. The number of nitrogens with one attached hydrogen (secondary N) is 1. The normalized spacial score (nSPS) is 33.0. The van der Waals surface area contributed by atoms with Crippen LogP contribution in [0.1, 0.15) is 58.3 Å². The van der Waals surface area contributed by atoms with Crippen LogP contribution in [-0.4, -0.2) is 36.5 Å². The first-order valence-corrected chi connectivity index (χ1v) is 8.21. The SMILES string of the molecule is C[C@H]1C[C@@H](C(=O)N2CCC3(CCCCC3)C2)CCN1.Cl. The first kappa shape index (κ1) is 16.1. The van der Waals surface area contributed by atoms with Gasteiger partial charge in [0.05, 0.1) is 0 Å². The van der Waals surface area contributed by atoms with Crippen molar-refractivity contribution in [3.8, 4) is 0 Å². The lowest BCUT2D eigenvalue weighted by molar-refractivity contribution is -0.136. The largest absolute Gasteiger partial charge is 0.342 e. The van der Waals surface area contributed by atoms with Crippen LogP contribution in [0.25, 0.3) is 0 Å². The molecule has 4 heteroatoms. The summed E-state index contributed by atoms with van der Waals surface area (Å²) in [6.45, 7) is 5.30. The van der Waals surface area contributed by atoms with Crippen LogP contribution >= 0.6 is 12.4 Å². The Kier molecular flexibility index (Phi) is 5.36. The molecule has 3 aliphatic rings. The van der Waals surface area contributed by atoms with E-state index in [1.54, 1.807) is 0 Å². The van der Waals surface area contributed by atoms with Crippen LogP contribution in [0, 0.1) is 11.3 Å². The Morgan fingerprint density at radius 3 is 2.65 bits per heavy atom. The third-order valence-electron chi connectivity index (χ3n) is 5.64. The molecule has 3 nitrogen and oxygen atoms in total. The van der Waals surface area contributed by atoms with Gasteiger partial charge in [0.2, 0.25) is 5.91 Å². The van der Waals surface area contributed by atoms with Gasteiger partial charge in [0.25, 0.3) is 0 Å². The quantitative estimate of drug-likeness (QED) is 0.807. The zero-order valence-corrected chi connectivity index (χ0v) is 13.5. The Bertz CT molecular complexity index is 341. The van der Waals surface area contributed by atoms with E-state index in [0.717, 1.165) is 32.5 Å². The van der Waals surface area contributed by atoms with Gasteiger partial charge in [-0.2, -0.15) is 0 Å². The molecule has 116 valence electrons. The minimum absolute atomic E-state index is 0. The van der Waals surface area contributed by atoms with Crippen molar-refractivity contribution in [1.29, 1.82) is 0 Å². The summed E-state index contributed by atoms with van der Waals surface area (Å²) in [5.41, 5.74) is 0.506. The van der Waals surface area contributed by atoms with Crippen LogP contribution < -0.4 is 5.32 Å². The number of halogens is 1. The predicted molar refractivity (Wildman–Crippen MR) is 84.2 cm³/mol. The maximum absolute atomic E-state index is 12.7. The number of amides is 1. The van der Waals surface area contributed by atoms with Crippen LogP contribution in [0.2, 0.25) is 0 Å². The lowest BCUT2D eigenvalue weighted by Gasteiger charge is -2.34. The maximum atomic E-state index is 12.7. The molecule has 1 N–H and O–H groups in total. The van der Waals surface area contributed by atoms with Crippen molar-refractivity contribution < 1.29 is 4.79 Å². The van der Waals surface area contributed by atoms with Crippen LogP contribution in [0.3, 0.4) is 0 Å². The first-order valence-electron chi connectivity index (χ1n) is 8.21. The fraction of sp³-hybridized carbons (Fsp3) is 0.938. The highest BCUT2D eigenvalue weighted by Gasteiger charge is 2.42. The van der Waals surface area contributed by atoms with Crippen molar-refractivity contribution in [3.05, 3.63) is 0 Å². The molecule has 3 fully saturated rings. The number of hydrogen-bond acceptors (Lipinski definition) is 2. The molecule has 1 saturated carbocycles. The summed E-state index contributed by atoms with van der Waals surface area (Å²) in [7, 11) is 0. The Balaban J connectivity index is 0.00000147. The topological polar surface area (TPSA) is 32.3 Å². The fourth-order valence-electron chi connectivity index (χ4n) is 4.45. The highest BCUT2D eigenvalue weighted by atomic mass is 35.5. The lowest BCUT2D eigenvalue weighted by Crippen LogP contribution is -2.44. The molecule has 0 aromatic rings. The van der Waals surface area contributed by atoms with E-state index in [9.17, 15) is 4.79 Å². The molecule has 2 saturated heterocycles. The van der Waals surface area contributed by atoms with Gasteiger partial charge in [0.15, 0.2) is 0 Å². The van der Waals surface area contributed by atoms with Crippen molar-refractivity contribution in [1.82, 2.24) is 10.2 Å². The molecule has 0 radical (unpaired) electrons. The summed E-state index contributed by atoms with van der Waals surface area (Å²) in [6.07, 6.45) is 10.2. The summed E-state index contributed by atoms with van der Waals surface area (Å²) < 4.78 is 0. The number of carbonyl (C=O) groups is 1. The lowest BCUT2D eigenvalue weighted by atomic mass is 9.73. The summed E-state index contributed by atoms with van der Waals surface area (Å²) >= 11 is 0. The van der Waals surface area contributed by atoms with E-state index in [-0.39, 0.29) is 18.3 Å². The molecule has 0 unspecified atom stereocenters. The molecule has 3 rings (SSSR count). The van der Waals surface area contributed by atoms with E-state index in [0.29, 0.717) is 17.4 Å². The van der Waals surface area contributed by atoms with Gasteiger partial charge < -0.3 is 10.2 Å². The number of piperidine rings is 1. The van der Waals surface area contributed by atoms with E-state index < -0.39 is 0 Å². The molecule has 1 aliphatic carbocycles. The van der Waals surface area contributed by atoms with Gasteiger partial charge in [0, 0.05) is 25.0 Å². The molecule has 1 amide bonds. The third-order valence-corrected chi connectivity index (χ3v) is 5.64. The Hall–Kier alpha value is -0.280. The number of rotatable bonds is 1. The minimum atomic E-state index is 0. The average molecular weight is 301 g/mol. The number of nitrogens with zero attached hydrogens (tertiary/aromatic N) is 1. The predicted octanol–water partition coefficient (Wildman–Crippen LogP) is 2.98. The third kappa shape index (κ3) is 3.30. The smallest absolute Gasteiger partial charge is 0.225 e. The molecular weight excluding hydrogens is 272 g/mol. The van der Waals surface area contributed by atoms with Crippen molar-refractivity contribution in [2.45, 2.75) is 64.3 Å². The van der Waals surface area contributed by atoms with Crippen molar-refractivity contribution in [3.63, 3.8) is 0 Å². The van der Waals surface area contributed by atoms with Gasteiger partial charge in [-0.15, -0.1) is 12.4 Å². The summed E-state index contributed by atoms with van der Waals surface area (Å²) in [5.74, 6) is 0.741. The molecule has 2 atom stereocenters. The van der Waals surface area contributed by atoms with Crippen LogP contribution in [0.4, 0.5) is 0 Å². The Morgan fingerprint density at radius 2 is 1.95 bits per heavy atom. The highest BCUT2D eigenvalue weighted by molar-refractivity contribution is 5.85.